The summed E-state index contributed by atoms with van der Waals surface area (Å²) in [4.78, 5) is 24.8. The minimum Gasteiger partial charge on any atom is -0.445 e. The highest BCUT2D eigenvalue weighted by molar-refractivity contribution is 6.67. The van der Waals surface area contributed by atoms with Crippen LogP contribution in [-0.4, -0.2) is 96.6 Å². The van der Waals surface area contributed by atoms with E-state index in [2.05, 4.69) is 17.2 Å². The van der Waals surface area contributed by atoms with E-state index in [-0.39, 0.29) is 26.4 Å². The van der Waals surface area contributed by atoms with E-state index in [0.29, 0.717) is 13.0 Å². The first kappa shape index (κ1) is 34.6. The lowest BCUT2D eigenvalue weighted by molar-refractivity contribution is -0.369. The van der Waals surface area contributed by atoms with E-state index < -0.39 is 65.1 Å². The number of amides is 2. The number of rotatable bonds is 13. The Morgan fingerprint density at radius 2 is 1.95 bits per heavy atom. The van der Waals surface area contributed by atoms with Crippen LogP contribution in [0.2, 0.25) is 0 Å². The summed E-state index contributed by atoms with van der Waals surface area (Å²) in [6, 6.07) is 7.87. The summed E-state index contributed by atoms with van der Waals surface area (Å²) >= 11 is 17.0. The first-order valence-electron chi connectivity index (χ1n) is 13.3. The molecule has 3 N–H and O–H groups in total. The molecule has 236 valence electrons. The molecule has 2 aliphatic rings. The number of aliphatic hydroxyl groups is 1. The average molecular weight is 656 g/mol. The Labute approximate surface area is 259 Å². The molecule has 0 radical (unpaired) electrons. The number of hydrogen-bond donors (Lipinski definition) is 3. The van der Waals surface area contributed by atoms with Gasteiger partial charge in [-0.2, -0.15) is 0 Å². The lowest BCUT2D eigenvalue weighted by Gasteiger charge is -2.49. The fourth-order valence-electron chi connectivity index (χ4n) is 4.21. The van der Waals surface area contributed by atoms with Crippen LogP contribution < -0.4 is 10.6 Å². The van der Waals surface area contributed by atoms with Crippen molar-refractivity contribution in [2.24, 2.45) is 0 Å². The number of carbonyl (C=O) groups is 2. The Morgan fingerprint density at radius 1 is 1.21 bits per heavy atom. The number of benzene rings is 1. The second-order valence-corrected chi connectivity index (χ2v) is 12.6. The zero-order chi connectivity index (χ0) is 30.8. The van der Waals surface area contributed by atoms with Crippen molar-refractivity contribution in [2.45, 2.75) is 73.1 Å². The minimum atomic E-state index is -1.84. The Hall–Kier alpha value is -1.87. The molecule has 1 aromatic carbocycles. The molecule has 0 bridgehead atoms. The summed E-state index contributed by atoms with van der Waals surface area (Å²) in [5.74, 6) is -1.000. The number of fused-ring (bicyclic) bond motifs is 1. The molecular weight excluding hydrogens is 619 g/mol. The van der Waals surface area contributed by atoms with Gasteiger partial charge >= 0.3 is 12.2 Å². The van der Waals surface area contributed by atoms with Crippen molar-refractivity contribution >= 4 is 47.0 Å². The van der Waals surface area contributed by atoms with Gasteiger partial charge in [0.05, 0.1) is 25.9 Å². The Morgan fingerprint density at radius 3 is 2.64 bits per heavy atom. The quantitative estimate of drug-likeness (QED) is 0.164. The van der Waals surface area contributed by atoms with Gasteiger partial charge < -0.3 is 48.9 Å². The number of hydrogen-bond acceptors (Lipinski definition) is 10. The highest BCUT2D eigenvalue weighted by Gasteiger charge is 2.52. The molecule has 0 aliphatic carbocycles. The third-order valence-corrected chi connectivity index (χ3v) is 6.51. The SMILES string of the molecule is C=CCOC(=O)N[C@@H](CCOCc1ccccc1)CO[C@@H]1O[C@@H]2COC(C)(C)O[C@H]2[C@H](O)[C@H]1NC(=O)OCC(Cl)(Cl)Cl. The van der Waals surface area contributed by atoms with E-state index in [0.717, 1.165) is 5.56 Å². The largest absolute Gasteiger partial charge is 0.445 e. The number of alkyl carbamates (subject to hydrolysis) is 2. The number of halogens is 3. The predicted molar refractivity (Wildman–Crippen MR) is 153 cm³/mol. The van der Waals surface area contributed by atoms with Gasteiger partial charge in [0.25, 0.3) is 0 Å². The van der Waals surface area contributed by atoms with E-state index >= 15 is 0 Å². The van der Waals surface area contributed by atoms with Gasteiger partial charge in [0.15, 0.2) is 12.1 Å². The molecule has 0 unspecified atom stereocenters. The molecule has 6 atom stereocenters. The average Bonchev–Trinajstić information content (AvgIpc) is 2.93. The topological polar surface area (TPSA) is 143 Å². The van der Waals surface area contributed by atoms with Crippen molar-refractivity contribution in [3.8, 4) is 0 Å². The standard InChI is InChI=1S/C27H37Cl3N2O10/c1-4-11-37-24(34)31-18(10-12-36-13-17-8-6-5-7-9-17)14-38-23-20(32-25(35)39-16-27(28,29)30)21(33)22-19(41-23)15-40-26(2,3)42-22/h4-9,18-23,33H,1,10-16H2,2-3H3,(H,31,34)(H,32,35)/t18-,19+,20+,21+,22+,23+/m0/s1. The molecule has 12 nitrogen and oxygen atoms in total. The van der Waals surface area contributed by atoms with Gasteiger partial charge in [0, 0.05) is 6.61 Å². The summed E-state index contributed by atoms with van der Waals surface area (Å²) in [7, 11) is 0. The van der Waals surface area contributed by atoms with Crippen molar-refractivity contribution in [3.05, 3.63) is 48.6 Å². The first-order valence-corrected chi connectivity index (χ1v) is 14.4. The number of aliphatic hydroxyl groups excluding tert-OH is 1. The van der Waals surface area contributed by atoms with Gasteiger partial charge in [-0.1, -0.05) is 77.8 Å². The number of nitrogens with one attached hydrogen (secondary N) is 2. The molecule has 3 rings (SSSR count). The maximum absolute atomic E-state index is 12.5. The summed E-state index contributed by atoms with van der Waals surface area (Å²) in [5.41, 5.74) is 0.999. The maximum Gasteiger partial charge on any atom is 0.407 e. The molecule has 15 heteroatoms. The summed E-state index contributed by atoms with van der Waals surface area (Å²) in [6.07, 6.45) is -3.95. The van der Waals surface area contributed by atoms with Crippen molar-refractivity contribution in [2.75, 3.05) is 33.0 Å². The fourth-order valence-corrected chi connectivity index (χ4v) is 4.37. The number of carbonyl (C=O) groups excluding carboxylic acids is 2. The van der Waals surface area contributed by atoms with Crippen molar-refractivity contribution < 1.29 is 47.9 Å². The van der Waals surface area contributed by atoms with Crippen LogP contribution in [0.15, 0.2) is 43.0 Å². The Balaban J connectivity index is 1.67. The molecule has 1 aromatic rings. The van der Waals surface area contributed by atoms with E-state index in [4.69, 9.17) is 68.0 Å². The molecule has 2 aliphatic heterocycles. The third-order valence-electron chi connectivity index (χ3n) is 6.18. The van der Waals surface area contributed by atoms with Crippen molar-refractivity contribution in [3.63, 3.8) is 0 Å². The van der Waals surface area contributed by atoms with E-state index in [1.54, 1.807) is 13.8 Å². The molecule has 0 saturated carbocycles. The van der Waals surface area contributed by atoms with Crippen LogP contribution in [0, 0.1) is 0 Å². The Bertz CT molecular complexity index is 1010. The highest BCUT2D eigenvalue weighted by Crippen LogP contribution is 2.33. The van der Waals surface area contributed by atoms with E-state index in [1.165, 1.54) is 6.08 Å². The molecule has 2 amide bonds. The first-order chi connectivity index (χ1) is 19.9. The smallest absolute Gasteiger partial charge is 0.407 e. The molecule has 2 saturated heterocycles. The van der Waals surface area contributed by atoms with Crippen LogP contribution in [-0.2, 0) is 39.8 Å². The van der Waals surface area contributed by atoms with Crippen molar-refractivity contribution in [1.29, 1.82) is 0 Å². The third kappa shape index (κ3) is 11.7. The van der Waals surface area contributed by atoms with Gasteiger partial charge in [-0.15, -0.1) is 0 Å². The zero-order valence-corrected chi connectivity index (χ0v) is 25.6. The number of ether oxygens (including phenoxy) is 7. The minimum absolute atomic E-state index is 0.0174. The molecule has 2 heterocycles. The van der Waals surface area contributed by atoms with E-state index in [1.807, 2.05) is 30.3 Å². The normalized spacial score (nSPS) is 25.9. The lowest BCUT2D eigenvalue weighted by Crippen LogP contribution is -2.68. The fraction of sp³-hybridized carbons (Fsp3) is 0.630. The van der Waals surface area contributed by atoms with Crippen LogP contribution in [0.25, 0.3) is 0 Å². The summed E-state index contributed by atoms with van der Waals surface area (Å²) < 4.78 is 37.6. The zero-order valence-electron chi connectivity index (χ0n) is 23.3. The van der Waals surface area contributed by atoms with Crippen LogP contribution in [0.4, 0.5) is 9.59 Å². The summed E-state index contributed by atoms with van der Waals surface area (Å²) in [5, 5.41) is 16.5. The monoisotopic (exact) mass is 654 g/mol. The predicted octanol–water partition coefficient (Wildman–Crippen LogP) is 3.59. The summed E-state index contributed by atoms with van der Waals surface area (Å²) in [6.45, 7) is 7.06. The van der Waals surface area contributed by atoms with Gasteiger partial charge in [-0.3, -0.25) is 0 Å². The van der Waals surface area contributed by atoms with Gasteiger partial charge in [-0.05, 0) is 25.8 Å². The maximum atomic E-state index is 12.5. The molecule has 2 fully saturated rings. The van der Waals surface area contributed by atoms with Gasteiger partial charge in [0.1, 0.15) is 37.6 Å². The lowest BCUT2D eigenvalue weighted by atomic mass is 9.95. The van der Waals surface area contributed by atoms with Gasteiger partial charge in [-0.25, -0.2) is 9.59 Å². The molecule has 0 aromatic heterocycles. The second kappa shape index (κ2) is 16.3. The van der Waals surface area contributed by atoms with Crippen LogP contribution >= 0.6 is 34.8 Å². The van der Waals surface area contributed by atoms with Crippen LogP contribution in [0.1, 0.15) is 25.8 Å². The highest BCUT2D eigenvalue weighted by atomic mass is 35.6. The van der Waals surface area contributed by atoms with E-state index in [9.17, 15) is 14.7 Å². The molecular formula is C27H37Cl3N2O10. The Kier molecular flexibility index (Phi) is 13.4. The van der Waals surface area contributed by atoms with Crippen LogP contribution in [0.3, 0.4) is 0 Å². The van der Waals surface area contributed by atoms with Crippen LogP contribution in [0.5, 0.6) is 0 Å². The number of alkyl halides is 3. The second-order valence-electron chi connectivity index (χ2n) is 10.1. The van der Waals surface area contributed by atoms with Gasteiger partial charge in [0.2, 0.25) is 3.79 Å². The van der Waals surface area contributed by atoms with Crippen molar-refractivity contribution in [1.82, 2.24) is 10.6 Å². The molecule has 42 heavy (non-hydrogen) atoms. The molecule has 0 spiro atoms.